The van der Waals surface area contributed by atoms with Gasteiger partial charge >= 0.3 is 0 Å². The van der Waals surface area contributed by atoms with Crippen LogP contribution in [-0.4, -0.2) is 22.0 Å². The van der Waals surface area contributed by atoms with Crippen molar-refractivity contribution in [2.45, 2.75) is 52.0 Å². The average molecular weight is 325 g/mol. The van der Waals surface area contributed by atoms with Crippen molar-refractivity contribution < 1.29 is 4.79 Å². The van der Waals surface area contributed by atoms with Crippen molar-refractivity contribution in [3.8, 4) is 0 Å². The van der Waals surface area contributed by atoms with E-state index in [0.717, 1.165) is 38.2 Å². The van der Waals surface area contributed by atoms with Gasteiger partial charge in [-0.3, -0.25) is 4.79 Å². The number of imidazole rings is 1. The Kier molecular flexibility index (Phi) is 5.34. The van der Waals surface area contributed by atoms with E-state index in [9.17, 15) is 4.79 Å². The Morgan fingerprint density at radius 2 is 2.00 bits per heavy atom. The van der Waals surface area contributed by atoms with Gasteiger partial charge < -0.3 is 9.88 Å². The van der Waals surface area contributed by atoms with Crippen LogP contribution in [0.2, 0.25) is 0 Å². The van der Waals surface area contributed by atoms with Crippen molar-refractivity contribution in [2.24, 2.45) is 5.92 Å². The minimum absolute atomic E-state index is 0.183. The van der Waals surface area contributed by atoms with Crippen LogP contribution in [-0.2, 0) is 24.2 Å². The van der Waals surface area contributed by atoms with Crippen molar-refractivity contribution in [3.05, 3.63) is 53.6 Å². The SMILES string of the molecule is CC(C)c1nccn1CCCNC(=O)CC1Cc2ccccc2C1. The van der Waals surface area contributed by atoms with E-state index in [1.165, 1.54) is 11.1 Å². The fourth-order valence-electron chi connectivity index (χ4n) is 3.62. The van der Waals surface area contributed by atoms with E-state index < -0.39 is 0 Å². The van der Waals surface area contributed by atoms with Gasteiger partial charge in [0.15, 0.2) is 0 Å². The van der Waals surface area contributed by atoms with Gasteiger partial charge in [-0.15, -0.1) is 0 Å². The summed E-state index contributed by atoms with van der Waals surface area (Å²) >= 11 is 0. The zero-order chi connectivity index (χ0) is 16.9. The van der Waals surface area contributed by atoms with Crippen molar-refractivity contribution in [3.63, 3.8) is 0 Å². The highest BCUT2D eigenvalue weighted by molar-refractivity contribution is 5.76. The molecule has 0 atom stereocenters. The second kappa shape index (κ2) is 7.65. The summed E-state index contributed by atoms with van der Waals surface area (Å²) in [7, 11) is 0. The van der Waals surface area contributed by atoms with Gasteiger partial charge in [-0.2, -0.15) is 0 Å². The number of amides is 1. The molecular formula is C20H27N3O. The molecule has 1 aliphatic rings. The number of hydrogen-bond donors (Lipinski definition) is 1. The van der Waals surface area contributed by atoms with Crippen LogP contribution in [0.4, 0.5) is 0 Å². The molecule has 0 fully saturated rings. The Balaban J connectivity index is 1.37. The summed E-state index contributed by atoms with van der Waals surface area (Å²) in [5.41, 5.74) is 2.83. The first-order chi connectivity index (χ1) is 11.6. The van der Waals surface area contributed by atoms with E-state index >= 15 is 0 Å². The van der Waals surface area contributed by atoms with Crippen LogP contribution in [0, 0.1) is 5.92 Å². The molecule has 0 bridgehead atoms. The number of carbonyl (C=O) groups is 1. The molecule has 0 unspecified atom stereocenters. The summed E-state index contributed by atoms with van der Waals surface area (Å²) in [6, 6.07) is 8.54. The largest absolute Gasteiger partial charge is 0.356 e. The van der Waals surface area contributed by atoms with Crippen molar-refractivity contribution in [1.82, 2.24) is 14.9 Å². The van der Waals surface area contributed by atoms with Gasteiger partial charge in [0.25, 0.3) is 0 Å². The fourth-order valence-corrected chi connectivity index (χ4v) is 3.62. The zero-order valence-corrected chi connectivity index (χ0v) is 14.7. The van der Waals surface area contributed by atoms with Crippen LogP contribution < -0.4 is 5.32 Å². The molecule has 1 amide bonds. The van der Waals surface area contributed by atoms with Gasteiger partial charge in [0.1, 0.15) is 5.82 Å². The monoisotopic (exact) mass is 325 g/mol. The number of nitrogens with zero attached hydrogens (tertiary/aromatic N) is 2. The predicted octanol–water partition coefficient (Wildman–Crippen LogP) is 3.32. The molecule has 0 aliphatic heterocycles. The normalized spacial score (nSPS) is 14.1. The summed E-state index contributed by atoms with van der Waals surface area (Å²) in [6.45, 7) is 5.94. The van der Waals surface area contributed by atoms with Gasteiger partial charge in [0.05, 0.1) is 0 Å². The van der Waals surface area contributed by atoms with Gasteiger partial charge in [0, 0.05) is 37.8 Å². The molecule has 1 heterocycles. The van der Waals surface area contributed by atoms with Crippen LogP contribution in [0.15, 0.2) is 36.7 Å². The van der Waals surface area contributed by atoms with E-state index in [0.29, 0.717) is 18.3 Å². The lowest BCUT2D eigenvalue weighted by Gasteiger charge is -2.12. The molecule has 0 saturated carbocycles. The quantitative estimate of drug-likeness (QED) is 0.794. The summed E-state index contributed by atoms with van der Waals surface area (Å²) < 4.78 is 2.18. The maximum atomic E-state index is 12.2. The number of hydrogen-bond acceptors (Lipinski definition) is 2. The molecule has 1 aliphatic carbocycles. The van der Waals surface area contributed by atoms with Crippen LogP contribution >= 0.6 is 0 Å². The molecule has 4 heteroatoms. The average Bonchev–Trinajstić information content (AvgIpc) is 3.17. The van der Waals surface area contributed by atoms with Gasteiger partial charge in [-0.05, 0) is 36.3 Å². The first kappa shape index (κ1) is 16.7. The molecule has 3 rings (SSSR count). The number of carbonyl (C=O) groups excluding carboxylic acids is 1. The Hall–Kier alpha value is -2.10. The number of fused-ring (bicyclic) bond motifs is 1. The molecule has 24 heavy (non-hydrogen) atoms. The van der Waals surface area contributed by atoms with Crippen molar-refractivity contribution in [2.75, 3.05) is 6.54 Å². The molecule has 0 radical (unpaired) electrons. The fraction of sp³-hybridized carbons (Fsp3) is 0.500. The highest BCUT2D eigenvalue weighted by Crippen LogP contribution is 2.28. The highest BCUT2D eigenvalue weighted by Gasteiger charge is 2.22. The first-order valence-electron chi connectivity index (χ1n) is 8.98. The lowest BCUT2D eigenvalue weighted by Crippen LogP contribution is -2.27. The molecule has 1 aromatic heterocycles. The molecule has 2 aromatic rings. The van der Waals surface area contributed by atoms with E-state index in [4.69, 9.17) is 0 Å². The minimum Gasteiger partial charge on any atom is -0.356 e. The summed E-state index contributed by atoms with van der Waals surface area (Å²) in [5.74, 6) is 2.19. The Morgan fingerprint density at radius 3 is 2.67 bits per heavy atom. The number of rotatable bonds is 7. The summed E-state index contributed by atoms with van der Waals surface area (Å²) in [5, 5.41) is 3.07. The second-order valence-corrected chi connectivity index (χ2v) is 7.08. The van der Waals surface area contributed by atoms with E-state index in [2.05, 4.69) is 53.0 Å². The third-order valence-electron chi connectivity index (χ3n) is 4.77. The van der Waals surface area contributed by atoms with Crippen LogP contribution in [0.1, 0.15) is 49.6 Å². The minimum atomic E-state index is 0.183. The third kappa shape index (κ3) is 4.05. The Bertz CT molecular complexity index is 665. The molecule has 1 aromatic carbocycles. The maximum Gasteiger partial charge on any atom is 0.220 e. The Morgan fingerprint density at radius 1 is 1.29 bits per heavy atom. The van der Waals surface area contributed by atoms with E-state index in [1.54, 1.807) is 0 Å². The van der Waals surface area contributed by atoms with Crippen LogP contribution in [0.25, 0.3) is 0 Å². The third-order valence-corrected chi connectivity index (χ3v) is 4.77. The number of aromatic nitrogens is 2. The standard InChI is InChI=1S/C20H27N3O/c1-15(2)20-22-9-11-23(20)10-5-8-21-19(24)14-16-12-17-6-3-4-7-18(17)13-16/h3-4,6-7,9,11,15-16H,5,8,10,12-14H2,1-2H3,(H,21,24). The van der Waals surface area contributed by atoms with Gasteiger partial charge in [0.2, 0.25) is 5.91 Å². The lowest BCUT2D eigenvalue weighted by molar-refractivity contribution is -0.121. The molecule has 0 spiro atoms. The first-order valence-corrected chi connectivity index (χ1v) is 8.98. The van der Waals surface area contributed by atoms with Crippen molar-refractivity contribution >= 4 is 5.91 Å². The number of nitrogens with one attached hydrogen (secondary N) is 1. The summed E-state index contributed by atoms with van der Waals surface area (Å²) in [6.07, 6.45) is 7.52. The molecular weight excluding hydrogens is 298 g/mol. The van der Waals surface area contributed by atoms with Crippen LogP contribution in [0.3, 0.4) is 0 Å². The van der Waals surface area contributed by atoms with Crippen molar-refractivity contribution in [1.29, 1.82) is 0 Å². The zero-order valence-electron chi connectivity index (χ0n) is 14.7. The molecule has 0 saturated heterocycles. The highest BCUT2D eigenvalue weighted by atomic mass is 16.1. The predicted molar refractivity (Wildman–Crippen MR) is 95.9 cm³/mol. The summed E-state index contributed by atoms with van der Waals surface area (Å²) in [4.78, 5) is 16.5. The number of aryl methyl sites for hydroxylation is 1. The van der Waals surface area contributed by atoms with Gasteiger partial charge in [-0.1, -0.05) is 38.1 Å². The van der Waals surface area contributed by atoms with Crippen LogP contribution in [0.5, 0.6) is 0 Å². The number of benzene rings is 1. The van der Waals surface area contributed by atoms with E-state index in [-0.39, 0.29) is 5.91 Å². The smallest absolute Gasteiger partial charge is 0.220 e. The maximum absolute atomic E-state index is 12.2. The van der Waals surface area contributed by atoms with Gasteiger partial charge in [-0.25, -0.2) is 4.98 Å². The topological polar surface area (TPSA) is 46.9 Å². The Labute approximate surface area is 144 Å². The lowest BCUT2D eigenvalue weighted by atomic mass is 10.0. The van der Waals surface area contributed by atoms with E-state index in [1.807, 2.05) is 12.4 Å². The second-order valence-electron chi connectivity index (χ2n) is 7.08. The molecule has 128 valence electrons. The molecule has 1 N–H and O–H groups in total. The molecule has 4 nitrogen and oxygen atoms in total.